The Morgan fingerprint density at radius 2 is 1.86 bits per heavy atom. The van der Waals surface area contributed by atoms with Gasteiger partial charge in [0.15, 0.2) is 5.13 Å². The monoisotopic (exact) mass is 447 g/mol. The molecule has 0 atom stereocenters. The van der Waals surface area contributed by atoms with E-state index in [2.05, 4.69) is 36.1 Å². The number of aromatic nitrogens is 1. The van der Waals surface area contributed by atoms with Gasteiger partial charge in [-0.3, -0.25) is 9.69 Å². The van der Waals surface area contributed by atoms with Gasteiger partial charge in [0.25, 0.3) is 0 Å². The lowest BCUT2D eigenvalue weighted by Crippen LogP contribution is -2.34. The third kappa shape index (κ3) is 5.95. The van der Waals surface area contributed by atoms with Crippen molar-refractivity contribution in [1.82, 2.24) is 9.88 Å². The number of rotatable bonds is 8. The van der Waals surface area contributed by atoms with Gasteiger partial charge in [-0.05, 0) is 70.7 Å². The van der Waals surface area contributed by atoms with Crippen molar-refractivity contribution in [2.24, 2.45) is 0 Å². The molecule has 0 N–H and O–H groups in total. The van der Waals surface area contributed by atoms with E-state index in [0.717, 1.165) is 38.8 Å². The number of hydrogen-bond acceptors (Lipinski definition) is 5. The van der Waals surface area contributed by atoms with E-state index in [4.69, 9.17) is 16.6 Å². The second kappa shape index (κ2) is 9.94. The zero-order chi connectivity index (χ0) is 21.0. The first-order chi connectivity index (χ1) is 13.8. The van der Waals surface area contributed by atoms with Crippen LogP contribution in [0.1, 0.15) is 17.5 Å². The molecule has 0 saturated carbocycles. The first-order valence-electron chi connectivity index (χ1n) is 9.55. The Balaban J connectivity index is 1.80. The van der Waals surface area contributed by atoms with Gasteiger partial charge in [0.1, 0.15) is 0 Å². The van der Waals surface area contributed by atoms with E-state index in [-0.39, 0.29) is 5.91 Å². The average molecular weight is 448 g/mol. The van der Waals surface area contributed by atoms with E-state index >= 15 is 0 Å². The Hall–Kier alpha value is -1.60. The summed E-state index contributed by atoms with van der Waals surface area (Å²) in [5.41, 5.74) is 3.17. The van der Waals surface area contributed by atoms with Crippen LogP contribution in [0, 0.1) is 13.8 Å². The number of hydrogen-bond donors (Lipinski definition) is 0. The predicted molar refractivity (Wildman–Crippen MR) is 127 cm³/mol. The zero-order valence-corrected chi connectivity index (χ0v) is 19.6. The smallest absolute Gasteiger partial charge is 0.239 e. The van der Waals surface area contributed by atoms with Gasteiger partial charge in [-0.15, -0.1) is 11.8 Å². The Kier molecular flexibility index (Phi) is 7.57. The molecule has 29 heavy (non-hydrogen) atoms. The molecular formula is C22H26ClN3OS2. The normalized spacial score (nSPS) is 11.4. The van der Waals surface area contributed by atoms with Crippen LogP contribution in [0.3, 0.4) is 0 Å². The standard InChI is InChI=1S/C22H26ClN3OS2/c1-15-6-8-18(9-7-15)28-14-20(27)26(11-5-10-25(3)4)22-24-21-16(2)12-17(23)13-19(21)29-22/h6-9,12-13H,5,10-11,14H2,1-4H3. The largest absolute Gasteiger partial charge is 0.309 e. The molecule has 0 aliphatic carbocycles. The van der Waals surface area contributed by atoms with Gasteiger partial charge in [-0.25, -0.2) is 4.98 Å². The SMILES string of the molecule is Cc1ccc(SCC(=O)N(CCCN(C)C)c2nc3c(C)cc(Cl)cc3s2)cc1. The van der Waals surface area contributed by atoms with Crippen molar-refractivity contribution in [3.8, 4) is 0 Å². The summed E-state index contributed by atoms with van der Waals surface area (Å²) in [4.78, 5) is 23.0. The maximum absolute atomic E-state index is 13.1. The fourth-order valence-corrected chi connectivity index (χ4v) is 5.23. The number of thioether (sulfide) groups is 1. The average Bonchev–Trinajstić information content (AvgIpc) is 3.08. The quantitative estimate of drug-likeness (QED) is 0.418. The molecule has 1 aromatic heterocycles. The highest BCUT2D eigenvalue weighted by Gasteiger charge is 2.20. The predicted octanol–water partition coefficient (Wildman–Crippen LogP) is 5.64. The number of fused-ring (bicyclic) bond motifs is 1. The molecule has 0 radical (unpaired) electrons. The lowest BCUT2D eigenvalue weighted by Gasteiger charge is -2.21. The minimum atomic E-state index is 0.0807. The van der Waals surface area contributed by atoms with E-state index < -0.39 is 0 Å². The summed E-state index contributed by atoms with van der Waals surface area (Å²) < 4.78 is 1.02. The minimum Gasteiger partial charge on any atom is -0.309 e. The van der Waals surface area contributed by atoms with Crippen LogP contribution in [-0.4, -0.2) is 48.7 Å². The van der Waals surface area contributed by atoms with Crippen molar-refractivity contribution in [3.63, 3.8) is 0 Å². The number of aryl methyl sites for hydroxylation is 2. The highest BCUT2D eigenvalue weighted by atomic mass is 35.5. The maximum Gasteiger partial charge on any atom is 0.239 e. The second-order valence-electron chi connectivity index (χ2n) is 7.37. The summed E-state index contributed by atoms with van der Waals surface area (Å²) in [5, 5.41) is 1.45. The Labute approximate surface area is 185 Å². The second-order valence-corrected chi connectivity index (χ2v) is 9.86. The third-order valence-electron chi connectivity index (χ3n) is 4.54. The van der Waals surface area contributed by atoms with Gasteiger partial charge in [-0.1, -0.05) is 40.6 Å². The molecule has 7 heteroatoms. The van der Waals surface area contributed by atoms with Gasteiger partial charge in [0, 0.05) is 16.5 Å². The number of anilines is 1. The summed E-state index contributed by atoms with van der Waals surface area (Å²) in [5.74, 6) is 0.470. The van der Waals surface area contributed by atoms with Crippen molar-refractivity contribution < 1.29 is 4.79 Å². The van der Waals surface area contributed by atoms with Crippen LogP contribution >= 0.6 is 34.7 Å². The molecular weight excluding hydrogens is 422 g/mol. The maximum atomic E-state index is 13.1. The molecule has 3 aromatic rings. The van der Waals surface area contributed by atoms with Crippen LogP contribution in [0.15, 0.2) is 41.3 Å². The zero-order valence-electron chi connectivity index (χ0n) is 17.2. The topological polar surface area (TPSA) is 36.4 Å². The van der Waals surface area contributed by atoms with Crippen LogP contribution in [0.25, 0.3) is 10.2 Å². The molecule has 0 fully saturated rings. The number of benzene rings is 2. The molecule has 0 saturated heterocycles. The first kappa shape index (κ1) is 22.1. The summed E-state index contributed by atoms with van der Waals surface area (Å²) in [6.07, 6.45) is 0.892. The van der Waals surface area contributed by atoms with Crippen LogP contribution < -0.4 is 4.90 Å². The first-order valence-corrected chi connectivity index (χ1v) is 11.7. The number of nitrogens with zero attached hydrogens (tertiary/aromatic N) is 3. The lowest BCUT2D eigenvalue weighted by molar-refractivity contribution is -0.116. The Bertz CT molecular complexity index is 986. The summed E-state index contributed by atoms with van der Waals surface area (Å²) >= 11 is 9.31. The van der Waals surface area contributed by atoms with Crippen molar-refractivity contribution in [3.05, 3.63) is 52.5 Å². The van der Waals surface area contributed by atoms with Gasteiger partial charge >= 0.3 is 0 Å². The van der Waals surface area contributed by atoms with Crippen LogP contribution in [0.4, 0.5) is 5.13 Å². The highest BCUT2D eigenvalue weighted by molar-refractivity contribution is 8.00. The minimum absolute atomic E-state index is 0.0807. The number of carbonyl (C=O) groups excluding carboxylic acids is 1. The number of halogens is 1. The van der Waals surface area contributed by atoms with E-state index in [9.17, 15) is 4.79 Å². The molecule has 0 aliphatic heterocycles. The molecule has 1 heterocycles. The van der Waals surface area contributed by atoms with Crippen molar-refractivity contribution in [1.29, 1.82) is 0 Å². The van der Waals surface area contributed by atoms with Crippen molar-refractivity contribution in [2.45, 2.75) is 25.2 Å². The van der Waals surface area contributed by atoms with E-state index in [1.807, 2.05) is 38.1 Å². The molecule has 0 unspecified atom stereocenters. The highest BCUT2D eigenvalue weighted by Crippen LogP contribution is 2.33. The number of amides is 1. The number of thiazole rings is 1. The fraction of sp³-hybridized carbons (Fsp3) is 0.364. The van der Waals surface area contributed by atoms with E-state index in [1.165, 1.54) is 16.9 Å². The number of carbonyl (C=O) groups is 1. The molecule has 4 nitrogen and oxygen atoms in total. The van der Waals surface area contributed by atoms with E-state index in [0.29, 0.717) is 17.3 Å². The van der Waals surface area contributed by atoms with Gasteiger partial charge in [0.2, 0.25) is 5.91 Å². The summed E-state index contributed by atoms with van der Waals surface area (Å²) in [6, 6.07) is 12.1. The van der Waals surface area contributed by atoms with Gasteiger partial charge < -0.3 is 4.90 Å². The van der Waals surface area contributed by atoms with Crippen LogP contribution in [-0.2, 0) is 4.79 Å². The fourth-order valence-electron chi connectivity index (χ4n) is 2.99. The molecule has 0 bridgehead atoms. The Morgan fingerprint density at radius 1 is 1.14 bits per heavy atom. The van der Waals surface area contributed by atoms with Gasteiger partial charge in [-0.2, -0.15) is 0 Å². The van der Waals surface area contributed by atoms with Crippen molar-refractivity contribution in [2.75, 3.05) is 37.8 Å². The molecule has 2 aromatic carbocycles. The molecule has 0 spiro atoms. The third-order valence-corrected chi connectivity index (χ3v) is 6.78. The van der Waals surface area contributed by atoms with E-state index in [1.54, 1.807) is 11.8 Å². The van der Waals surface area contributed by atoms with Gasteiger partial charge in [0.05, 0.1) is 16.0 Å². The summed E-state index contributed by atoms with van der Waals surface area (Å²) in [7, 11) is 4.09. The molecule has 1 amide bonds. The molecule has 3 rings (SSSR count). The van der Waals surface area contributed by atoms with Crippen LogP contribution in [0.5, 0.6) is 0 Å². The summed E-state index contributed by atoms with van der Waals surface area (Å²) in [6.45, 7) is 5.64. The van der Waals surface area contributed by atoms with Crippen molar-refractivity contribution >= 4 is 56.0 Å². The van der Waals surface area contributed by atoms with Crippen LogP contribution in [0.2, 0.25) is 5.02 Å². The Morgan fingerprint density at radius 3 is 2.55 bits per heavy atom. The lowest BCUT2D eigenvalue weighted by atomic mass is 10.2. The molecule has 0 aliphatic rings. The molecule has 154 valence electrons.